The van der Waals surface area contributed by atoms with Crippen molar-refractivity contribution in [3.8, 4) is 0 Å². The number of hydrogen-bond donors (Lipinski definition) is 1. The van der Waals surface area contributed by atoms with Gasteiger partial charge in [-0.25, -0.2) is 0 Å². The summed E-state index contributed by atoms with van der Waals surface area (Å²) in [6.45, 7) is 1.57. The maximum atomic E-state index is 12.5. The predicted molar refractivity (Wildman–Crippen MR) is 70.1 cm³/mol. The number of anilines is 1. The van der Waals surface area contributed by atoms with Gasteiger partial charge in [-0.1, -0.05) is 12.1 Å². The standard InChI is InChI=1S/C14H14N2O4/c1-8(17)20-9-6-12-13(18)15-11-5-3-2-4-10(11)14(19)16(12)7-9/h2-5,9,12H,6-7H2,1H3,(H,15,18). The highest BCUT2D eigenvalue weighted by Gasteiger charge is 2.43. The zero-order chi connectivity index (χ0) is 14.3. The van der Waals surface area contributed by atoms with E-state index in [2.05, 4.69) is 5.32 Å². The van der Waals surface area contributed by atoms with Crippen LogP contribution in [-0.4, -0.2) is 41.4 Å². The molecule has 2 unspecified atom stereocenters. The Morgan fingerprint density at radius 1 is 1.35 bits per heavy atom. The molecular weight excluding hydrogens is 260 g/mol. The molecule has 2 aliphatic heterocycles. The summed E-state index contributed by atoms with van der Waals surface area (Å²) < 4.78 is 5.12. The van der Waals surface area contributed by atoms with Gasteiger partial charge in [-0.15, -0.1) is 0 Å². The number of rotatable bonds is 1. The van der Waals surface area contributed by atoms with E-state index in [0.29, 0.717) is 17.7 Å². The number of nitrogens with one attached hydrogen (secondary N) is 1. The molecule has 20 heavy (non-hydrogen) atoms. The lowest BCUT2D eigenvalue weighted by Crippen LogP contribution is -2.40. The molecule has 1 aromatic carbocycles. The second-order valence-electron chi connectivity index (χ2n) is 4.98. The van der Waals surface area contributed by atoms with Crippen LogP contribution in [0.15, 0.2) is 24.3 Å². The zero-order valence-corrected chi connectivity index (χ0v) is 11.0. The van der Waals surface area contributed by atoms with Crippen LogP contribution in [0.4, 0.5) is 5.69 Å². The van der Waals surface area contributed by atoms with Crippen molar-refractivity contribution < 1.29 is 19.1 Å². The van der Waals surface area contributed by atoms with Crippen molar-refractivity contribution in [2.45, 2.75) is 25.5 Å². The summed E-state index contributed by atoms with van der Waals surface area (Å²) in [7, 11) is 0. The first-order chi connectivity index (χ1) is 9.56. The Morgan fingerprint density at radius 2 is 2.10 bits per heavy atom. The number of hydrogen-bond acceptors (Lipinski definition) is 4. The first-order valence-corrected chi connectivity index (χ1v) is 6.44. The molecule has 104 valence electrons. The molecule has 3 rings (SSSR count). The Hall–Kier alpha value is -2.37. The molecule has 2 amide bonds. The molecule has 6 nitrogen and oxygen atoms in total. The average molecular weight is 274 g/mol. The molecular formula is C14H14N2O4. The molecule has 2 heterocycles. The number of esters is 1. The second-order valence-corrected chi connectivity index (χ2v) is 4.98. The molecule has 0 spiro atoms. The molecule has 1 fully saturated rings. The lowest BCUT2D eigenvalue weighted by molar-refractivity contribution is -0.145. The van der Waals surface area contributed by atoms with Crippen molar-refractivity contribution in [1.29, 1.82) is 0 Å². The fraction of sp³-hybridized carbons (Fsp3) is 0.357. The van der Waals surface area contributed by atoms with Gasteiger partial charge in [0, 0.05) is 13.3 Å². The Bertz CT molecular complexity index is 599. The van der Waals surface area contributed by atoms with Crippen molar-refractivity contribution >= 4 is 23.5 Å². The number of fused-ring (bicyclic) bond motifs is 2. The van der Waals surface area contributed by atoms with Gasteiger partial charge >= 0.3 is 5.97 Å². The summed E-state index contributed by atoms with van der Waals surface area (Å²) in [6, 6.07) is 6.32. The first kappa shape index (κ1) is 12.7. The first-order valence-electron chi connectivity index (χ1n) is 6.44. The Balaban J connectivity index is 1.92. The SMILES string of the molecule is CC(=O)OC1CC2C(=O)Nc3ccccc3C(=O)N2C1. The van der Waals surface area contributed by atoms with E-state index in [0.717, 1.165) is 0 Å². The van der Waals surface area contributed by atoms with Crippen molar-refractivity contribution in [1.82, 2.24) is 4.90 Å². The fourth-order valence-electron chi connectivity index (χ4n) is 2.74. The van der Waals surface area contributed by atoms with Crippen LogP contribution in [0.5, 0.6) is 0 Å². The van der Waals surface area contributed by atoms with Crippen LogP contribution in [0, 0.1) is 0 Å². The smallest absolute Gasteiger partial charge is 0.302 e. The van der Waals surface area contributed by atoms with Crippen molar-refractivity contribution in [3.63, 3.8) is 0 Å². The minimum atomic E-state index is -0.584. The van der Waals surface area contributed by atoms with Gasteiger partial charge in [-0.05, 0) is 12.1 Å². The van der Waals surface area contributed by atoms with Gasteiger partial charge in [-0.2, -0.15) is 0 Å². The van der Waals surface area contributed by atoms with Gasteiger partial charge in [0.05, 0.1) is 17.8 Å². The minimum absolute atomic E-state index is 0.210. The van der Waals surface area contributed by atoms with Crippen LogP contribution in [0.2, 0.25) is 0 Å². The van der Waals surface area contributed by atoms with Crippen molar-refractivity contribution in [2.75, 3.05) is 11.9 Å². The van der Waals surface area contributed by atoms with Crippen LogP contribution in [-0.2, 0) is 14.3 Å². The Morgan fingerprint density at radius 3 is 2.85 bits per heavy atom. The maximum Gasteiger partial charge on any atom is 0.302 e. The number of carbonyl (C=O) groups is 3. The summed E-state index contributed by atoms with van der Waals surface area (Å²) in [5.41, 5.74) is 0.993. The summed E-state index contributed by atoms with van der Waals surface area (Å²) in [4.78, 5) is 37.2. The fourth-order valence-corrected chi connectivity index (χ4v) is 2.74. The lowest BCUT2D eigenvalue weighted by Gasteiger charge is -2.19. The number of amides is 2. The van der Waals surface area contributed by atoms with Gasteiger partial charge in [0.1, 0.15) is 12.1 Å². The van der Waals surface area contributed by atoms with Gasteiger partial charge in [-0.3, -0.25) is 14.4 Å². The molecule has 0 aliphatic carbocycles. The topological polar surface area (TPSA) is 75.7 Å². The molecule has 0 saturated carbocycles. The molecule has 6 heteroatoms. The predicted octanol–water partition coefficient (Wildman–Crippen LogP) is 0.785. The van der Waals surface area contributed by atoms with E-state index in [-0.39, 0.29) is 18.4 Å². The van der Waals surface area contributed by atoms with Crippen LogP contribution in [0.1, 0.15) is 23.7 Å². The van der Waals surface area contributed by atoms with E-state index in [1.165, 1.54) is 11.8 Å². The molecule has 0 aromatic heterocycles. The average Bonchev–Trinajstić information content (AvgIpc) is 2.78. The molecule has 0 radical (unpaired) electrons. The zero-order valence-electron chi connectivity index (χ0n) is 11.0. The summed E-state index contributed by atoms with van der Waals surface area (Å²) in [5, 5.41) is 2.76. The maximum absolute atomic E-state index is 12.5. The summed E-state index contributed by atoms with van der Waals surface area (Å²) >= 11 is 0. The van der Waals surface area contributed by atoms with Gasteiger partial charge in [0.15, 0.2) is 0 Å². The number of nitrogens with zero attached hydrogens (tertiary/aromatic N) is 1. The molecule has 2 aliphatic rings. The third-order valence-electron chi connectivity index (χ3n) is 3.57. The van der Waals surface area contributed by atoms with Crippen LogP contribution < -0.4 is 5.32 Å². The molecule has 0 bridgehead atoms. The lowest BCUT2D eigenvalue weighted by atomic mass is 10.1. The molecule has 1 saturated heterocycles. The Kier molecular flexibility index (Phi) is 2.93. The molecule has 1 N–H and O–H groups in total. The van der Waals surface area contributed by atoms with E-state index in [4.69, 9.17) is 4.74 Å². The van der Waals surface area contributed by atoms with E-state index < -0.39 is 18.1 Å². The van der Waals surface area contributed by atoms with E-state index in [9.17, 15) is 14.4 Å². The highest BCUT2D eigenvalue weighted by atomic mass is 16.5. The Labute approximate surface area is 115 Å². The highest BCUT2D eigenvalue weighted by Crippen LogP contribution is 2.29. The largest absolute Gasteiger partial charge is 0.461 e. The number of ether oxygens (including phenoxy) is 1. The van der Waals surface area contributed by atoms with E-state index in [1.807, 2.05) is 0 Å². The van der Waals surface area contributed by atoms with Crippen LogP contribution in [0.3, 0.4) is 0 Å². The van der Waals surface area contributed by atoms with Crippen molar-refractivity contribution in [2.24, 2.45) is 0 Å². The van der Waals surface area contributed by atoms with Crippen molar-refractivity contribution in [3.05, 3.63) is 29.8 Å². The third kappa shape index (κ3) is 2.03. The second kappa shape index (κ2) is 4.63. The molecule has 1 aromatic rings. The van der Waals surface area contributed by atoms with Crippen LogP contribution in [0.25, 0.3) is 0 Å². The van der Waals surface area contributed by atoms with Gasteiger partial charge < -0.3 is 15.0 Å². The number of carbonyl (C=O) groups excluding carboxylic acids is 3. The summed E-state index contributed by atoms with van der Waals surface area (Å²) in [6.07, 6.45) is -0.0806. The normalized spacial score (nSPS) is 24.6. The minimum Gasteiger partial charge on any atom is -0.461 e. The summed E-state index contributed by atoms with van der Waals surface area (Å²) in [5.74, 6) is -0.850. The van der Waals surface area contributed by atoms with E-state index >= 15 is 0 Å². The highest BCUT2D eigenvalue weighted by molar-refractivity contribution is 6.10. The number of para-hydroxylation sites is 1. The van der Waals surface area contributed by atoms with Gasteiger partial charge in [0.2, 0.25) is 5.91 Å². The monoisotopic (exact) mass is 274 g/mol. The van der Waals surface area contributed by atoms with E-state index in [1.54, 1.807) is 24.3 Å². The third-order valence-corrected chi connectivity index (χ3v) is 3.57. The molecule has 2 atom stereocenters. The number of benzene rings is 1. The van der Waals surface area contributed by atoms with Crippen LogP contribution >= 0.6 is 0 Å². The quantitative estimate of drug-likeness (QED) is 0.768. The van der Waals surface area contributed by atoms with Gasteiger partial charge in [0.25, 0.3) is 5.91 Å².